The van der Waals surface area contributed by atoms with Gasteiger partial charge in [0.15, 0.2) is 10.8 Å². The number of amides is 1. The van der Waals surface area contributed by atoms with Gasteiger partial charge in [-0.05, 0) is 55.5 Å². The van der Waals surface area contributed by atoms with Gasteiger partial charge in [0.25, 0.3) is 0 Å². The van der Waals surface area contributed by atoms with Gasteiger partial charge in [-0.1, -0.05) is 12.1 Å². The van der Waals surface area contributed by atoms with Gasteiger partial charge < -0.3 is 23.8 Å². The zero-order valence-electron chi connectivity index (χ0n) is 22.0. The second kappa shape index (κ2) is 11.8. The second-order valence-corrected chi connectivity index (χ2v) is 8.95. The predicted molar refractivity (Wildman–Crippen MR) is 148 cm³/mol. The van der Waals surface area contributed by atoms with E-state index in [1.54, 1.807) is 26.4 Å². The lowest BCUT2D eigenvalue weighted by Crippen LogP contribution is -2.05. The van der Waals surface area contributed by atoms with Crippen LogP contribution in [0.2, 0.25) is 0 Å². The van der Waals surface area contributed by atoms with E-state index in [0.29, 0.717) is 36.9 Å². The Labute approximate surface area is 225 Å². The summed E-state index contributed by atoms with van der Waals surface area (Å²) in [5.74, 6) is 0.953. The second-order valence-electron chi connectivity index (χ2n) is 8.95. The molecule has 0 unspecified atom stereocenters. The number of imidazole rings is 1. The number of fused-ring (bicyclic) bond motifs is 2. The lowest BCUT2D eigenvalue weighted by Gasteiger charge is -2.06. The number of ether oxygens (including phenoxy) is 3. The third-order valence-corrected chi connectivity index (χ3v) is 6.32. The van der Waals surface area contributed by atoms with Gasteiger partial charge in [0.1, 0.15) is 18.2 Å². The third-order valence-electron chi connectivity index (χ3n) is 6.32. The van der Waals surface area contributed by atoms with E-state index in [1.165, 1.54) is 0 Å². The van der Waals surface area contributed by atoms with E-state index in [0.717, 1.165) is 45.5 Å². The molecular formula is C29H29N6O4+. The van der Waals surface area contributed by atoms with E-state index in [9.17, 15) is 4.79 Å². The van der Waals surface area contributed by atoms with Gasteiger partial charge in [-0.3, -0.25) is 4.79 Å². The summed E-state index contributed by atoms with van der Waals surface area (Å²) in [6.07, 6.45) is 0. The molecule has 2 aromatic heterocycles. The maximum Gasteiger partial charge on any atom is 0.360 e. The smallest absolute Gasteiger partial charge is 0.360 e. The highest BCUT2D eigenvalue weighted by Gasteiger charge is 2.13. The molecule has 0 atom stereocenters. The lowest BCUT2D eigenvalue weighted by molar-refractivity contribution is 0.0992. The van der Waals surface area contributed by atoms with Crippen LogP contribution in [0.1, 0.15) is 16.1 Å². The van der Waals surface area contributed by atoms with Gasteiger partial charge in [0, 0.05) is 54.6 Å². The van der Waals surface area contributed by atoms with Crippen molar-refractivity contribution in [3.05, 3.63) is 78.0 Å². The van der Waals surface area contributed by atoms with Crippen LogP contribution in [0.5, 0.6) is 5.75 Å². The lowest BCUT2D eigenvalue weighted by atomic mass is 10.1. The number of nitrogens with one attached hydrogen (secondary N) is 1. The van der Waals surface area contributed by atoms with Crippen molar-refractivity contribution < 1.29 is 19.0 Å². The summed E-state index contributed by atoms with van der Waals surface area (Å²) in [5.41, 5.74) is 5.78. The summed E-state index contributed by atoms with van der Waals surface area (Å²) < 4.78 is 18.1. The van der Waals surface area contributed by atoms with Crippen molar-refractivity contribution in [2.45, 2.75) is 13.5 Å². The molecule has 1 amide bonds. The van der Waals surface area contributed by atoms with E-state index < -0.39 is 5.91 Å². The molecule has 198 valence electrons. The number of benzene rings is 3. The standard InChI is InChI=1S/C29H28N6O4/c1-19-16-22-17-23(8-11-27(22)35(19)12-13-37-2)32-34-33-29(36)21-6-4-20(5-7-21)28-30-25-10-9-24(18-26(25)31-28)39-15-14-38-3/h4-11,16-18H,12-15H2,1-3H3/p+1. The van der Waals surface area contributed by atoms with Crippen LogP contribution in [0.3, 0.4) is 0 Å². The van der Waals surface area contributed by atoms with Crippen LogP contribution < -0.4 is 9.65 Å². The molecule has 10 heteroatoms. The fourth-order valence-corrected chi connectivity index (χ4v) is 4.34. The molecule has 1 N–H and O–H groups in total. The van der Waals surface area contributed by atoms with Crippen LogP contribution in [-0.2, 0) is 16.0 Å². The molecular weight excluding hydrogens is 496 g/mol. The summed E-state index contributed by atoms with van der Waals surface area (Å²) in [5, 5.41) is 8.92. The third kappa shape index (κ3) is 5.94. The monoisotopic (exact) mass is 525 g/mol. The quantitative estimate of drug-likeness (QED) is 0.145. The summed E-state index contributed by atoms with van der Waals surface area (Å²) >= 11 is 0. The van der Waals surface area contributed by atoms with Crippen LogP contribution in [0.4, 0.5) is 5.69 Å². The Morgan fingerprint density at radius 3 is 2.59 bits per heavy atom. The molecule has 0 aliphatic carbocycles. The van der Waals surface area contributed by atoms with E-state index in [1.807, 2.05) is 48.5 Å². The zero-order valence-corrected chi connectivity index (χ0v) is 22.0. The van der Waals surface area contributed by atoms with Crippen LogP contribution in [-0.4, -0.2) is 54.5 Å². The molecule has 39 heavy (non-hydrogen) atoms. The molecule has 0 bridgehead atoms. The number of H-pyrrole nitrogens is 1. The highest BCUT2D eigenvalue weighted by Crippen LogP contribution is 2.26. The van der Waals surface area contributed by atoms with Gasteiger partial charge in [0.2, 0.25) is 10.0 Å². The Bertz CT molecular complexity index is 1680. The SMILES string of the molecule is COCCOc1ccc2nc(-c3ccc(C(=O)N=[N+]=Nc4ccc5c(c4)cc(C)n5CCOC)cc3)[nH]c2c1. The first kappa shape index (κ1) is 26.0. The van der Waals surface area contributed by atoms with E-state index in [-0.39, 0.29) is 0 Å². The van der Waals surface area contributed by atoms with Crippen molar-refractivity contribution in [3.8, 4) is 17.1 Å². The molecule has 0 radical (unpaired) electrons. The summed E-state index contributed by atoms with van der Waals surface area (Å²) in [4.78, 5) is 24.3. The first-order valence-corrected chi connectivity index (χ1v) is 12.5. The van der Waals surface area contributed by atoms with E-state index in [2.05, 4.69) is 42.7 Å². The Kier molecular flexibility index (Phi) is 7.88. The molecule has 2 heterocycles. The Hall–Kier alpha value is -4.63. The molecule has 0 saturated heterocycles. The first-order chi connectivity index (χ1) is 19.1. The largest absolute Gasteiger partial charge is 0.491 e. The van der Waals surface area contributed by atoms with Gasteiger partial charge in [-0.25, -0.2) is 4.98 Å². The Morgan fingerprint density at radius 2 is 1.79 bits per heavy atom. The summed E-state index contributed by atoms with van der Waals surface area (Å²) in [7, 11) is 3.33. The molecule has 0 aliphatic rings. The van der Waals surface area contributed by atoms with Crippen LogP contribution >= 0.6 is 0 Å². The van der Waals surface area contributed by atoms with Gasteiger partial charge in [-0.15, -0.1) is 0 Å². The highest BCUT2D eigenvalue weighted by molar-refractivity contribution is 5.95. The number of rotatable bonds is 10. The fourth-order valence-electron chi connectivity index (χ4n) is 4.34. The number of hydrogen-bond acceptors (Lipinski definition) is 6. The molecule has 0 fully saturated rings. The molecule has 0 spiro atoms. The number of carbonyl (C=O) groups is 1. The predicted octanol–water partition coefficient (Wildman–Crippen LogP) is 5.61. The number of methoxy groups -OCH3 is 2. The summed E-state index contributed by atoms with van der Waals surface area (Å²) in [6.45, 7) is 4.46. The highest BCUT2D eigenvalue weighted by atomic mass is 16.5. The molecule has 3 aromatic carbocycles. The van der Waals surface area contributed by atoms with Crippen LogP contribution in [0.15, 0.2) is 77.0 Å². The maximum absolute atomic E-state index is 12.5. The number of nitrogens with zero attached hydrogens (tertiary/aromatic N) is 5. The molecule has 10 nitrogen and oxygen atoms in total. The number of aromatic amines is 1. The molecule has 5 rings (SSSR count). The average Bonchev–Trinajstić information content (AvgIpc) is 3.51. The van der Waals surface area contributed by atoms with Crippen molar-refractivity contribution >= 4 is 33.5 Å². The Balaban J connectivity index is 1.27. The number of aryl methyl sites for hydroxylation is 1. The topological polar surface area (TPSA) is 117 Å². The van der Waals surface area contributed by atoms with E-state index >= 15 is 0 Å². The number of carbonyl (C=O) groups excluding carboxylic acids is 1. The zero-order chi connectivity index (χ0) is 27.2. The molecule has 0 saturated carbocycles. The van der Waals surface area contributed by atoms with Crippen molar-refractivity contribution in [2.24, 2.45) is 10.2 Å². The summed E-state index contributed by atoms with van der Waals surface area (Å²) in [6, 6.07) is 20.5. The van der Waals surface area contributed by atoms with E-state index in [4.69, 9.17) is 14.2 Å². The van der Waals surface area contributed by atoms with Crippen LogP contribution in [0, 0.1) is 6.92 Å². The van der Waals surface area contributed by atoms with Crippen molar-refractivity contribution in [3.63, 3.8) is 0 Å². The van der Waals surface area contributed by atoms with Gasteiger partial charge >= 0.3 is 5.91 Å². The minimum Gasteiger partial charge on any atom is -0.491 e. The van der Waals surface area contributed by atoms with Gasteiger partial charge in [0.05, 0.1) is 24.2 Å². The molecule has 5 aromatic rings. The van der Waals surface area contributed by atoms with Crippen LogP contribution in [0.25, 0.3) is 33.3 Å². The maximum atomic E-state index is 12.5. The Morgan fingerprint density at radius 1 is 0.974 bits per heavy atom. The van der Waals surface area contributed by atoms with Crippen molar-refractivity contribution in [1.82, 2.24) is 19.4 Å². The molecule has 0 aliphatic heterocycles. The normalized spacial score (nSPS) is 11.1. The van der Waals surface area contributed by atoms with Gasteiger partial charge in [-0.2, -0.15) is 0 Å². The minimum absolute atomic E-state index is 0.406. The fraction of sp³-hybridized carbons (Fsp3) is 0.241. The van der Waals surface area contributed by atoms with Crippen molar-refractivity contribution in [1.29, 1.82) is 0 Å². The minimum atomic E-state index is -0.476. The van der Waals surface area contributed by atoms with Crippen molar-refractivity contribution in [2.75, 3.05) is 34.0 Å². The first-order valence-electron chi connectivity index (χ1n) is 12.5. The number of aromatic nitrogens is 3. The average molecular weight is 526 g/mol. The number of hydrogen-bond donors (Lipinski definition) is 1.